The number of aromatic nitrogens is 1. The molecule has 138 valence electrons. The molecule has 0 amide bonds. The molecule has 6 heteroatoms. The van der Waals surface area contributed by atoms with Gasteiger partial charge in [0.1, 0.15) is 0 Å². The van der Waals surface area contributed by atoms with Gasteiger partial charge < -0.3 is 15.0 Å². The highest BCUT2D eigenvalue weighted by Crippen LogP contribution is 2.28. The van der Waals surface area contributed by atoms with Crippen molar-refractivity contribution in [1.29, 1.82) is 0 Å². The number of nitrogens with zero attached hydrogens (tertiary/aromatic N) is 1. The van der Waals surface area contributed by atoms with Crippen molar-refractivity contribution in [2.45, 2.75) is 19.4 Å². The zero-order valence-corrected chi connectivity index (χ0v) is 15.6. The van der Waals surface area contributed by atoms with Gasteiger partial charge in [-0.1, -0.05) is 29.8 Å². The van der Waals surface area contributed by atoms with Crippen LogP contribution in [0.1, 0.15) is 32.7 Å². The highest BCUT2D eigenvalue weighted by Gasteiger charge is 2.22. The molecule has 0 radical (unpaired) electrons. The highest BCUT2D eigenvalue weighted by molar-refractivity contribution is 6.31. The van der Waals surface area contributed by atoms with Crippen LogP contribution in [-0.2, 0) is 24.2 Å². The molecule has 0 saturated heterocycles. The molecule has 5 nitrogen and oxygen atoms in total. The Hall–Kier alpha value is -2.63. The van der Waals surface area contributed by atoms with E-state index in [9.17, 15) is 14.7 Å². The van der Waals surface area contributed by atoms with Crippen LogP contribution in [0.25, 0.3) is 10.9 Å². The molecule has 4 rings (SSSR count). The van der Waals surface area contributed by atoms with Crippen LogP contribution in [0.4, 0.5) is 0 Å². The van der Waals surface area contributed by atoms with Gasteiger partial charge in [-0.25, -0.2) is 0 Å². The molecule has 0 saturated carbocycles. The molecular weight excluding hydrogens is 364 g/mol. The SMILES string of the molecule is CN1CCc2ccc(C(=O)c3[nH]c4cc(Cl)ccc4c3CC(=O)O)cc2C1. The Bertz CT molecular complexity index is 1070. The summed E-state index contributed by atoms with van der Waals surface area (Å²) in [6.07, 6.45) is 0.742. The summed E-state index contributed by atoms with van der Waals surface area (Å²) in [5, 5.41) is 10.5. The maximum absolute atomic E-state index is 13.2. The number of H-pyrrole nitrogens is 1. The van der Waals surface area contributed by atoms with Gasteiger partial charge in [0.25, 0.3) is 0 Å². The van der Waals surface area contributed by atoms with Crippen LogP contribution in [0.3, 0.4) is 0 Å². The molecule has 2 N–H and O–H groups in total. The van der Waals surface area contributed by atoms with Gasteiger partial charge in [-0.15, -0.1) is 0 Å². The molecule has 0 unspecified atom stereocenters. The van der Waals surface area contributed by atoms with Crippen molar-refractivity contribution in [1.82, 2.24) is 9.88 Å². The molecular formula is C21H19ClN2O3. The Balaban J connectivity index is 1.80. The number of fused-ring (bicyclic) bond motifs is 2. The minimum atomic E-state index is -0.980. The Morgan fingerprint density at radius 3 is 2.78 bits per heavy atom. The van der Waals surface area contributed by atoms with Gasteiger partial charge >= 0.3 is 5.97 Å². The molecule has 0 bridgehead atoms. The molecule has 0 aliphatic carbocycles. The number of aromatic amines is 1. The lowest BCUT2D eigenvalue weighted by Gasteiger charge is -2.25. The number of carboxylic acid groups (broad SMARTS) is 1. The van der Waals surface area contributed by atoms with E-state index in [1.54, 1.807) is 18.2 Å². The minimum absolute atomic E-state index is 0.199. The largest absolute Gasteiger partial charge is 0.481 e. The van der Waals surface area contributed by atoms with E-state index < -0.39 is 5.97 Å². The Morgan fingerprint density at radius 1 is 1.19 bits per heavy atom. The van der Waals surface area contributed by atoms with Crippen molar-refractivity contribution < 1.29 is 14.7 Å². The van der Waals surface area contributed by atoms with Crippen LogP contribution < -0.4 is 0 Å². The van der Waals surface area contributed by atoms with E-state index in [0.717, 1.165) is 25.1 Å². The van der Waals surface area contributed by atoms with Crippen molar-refractivity contribution in [2.75, 3.05) is 13.6 Å². The molecule has 2 aromatic carbocycles. The van der Waals surface area contributed by atoms with E-state index in [0.29, 0.717) is 32.7 Å². The number of carboxylic acids is 1. The van der Waals surface area contributed by atoms with E-state index in [-0.39, 0.29) is 12.2 Å². The topological polar surface area (TPSA) is 73.4 Å². The summed E-state index contributed by atoms with van der Waals surface area (Å²) in [5.41, 5.74) is 4.45. The van der Waals surface area contributed by atoms with Crippen LogP contribution in [0.5, 0.6) is 0 Å². The summed E-state index contributed by atoms with van der Waals surface area (Å²) < 4.78 is 0. The van der Waals surface area contributed by atoms with Gasteiger partial charge in [0.2, 0.25) is 5.78 Å². The van der Waals surface area contributed by atoms with E-state index in [4.69, 9.17) is 11.6 Å². The molecule has 1 aromatic heterocycles. The maximum atomic E-state index is 13.2. The lowest BCUT2D eigenvalue weighted by atomic mass is 9.94. The molecule has 0 atom stereocenters. The number of aliphatic carboxylic acids is 1. The molecule has 3 aromatic rings. The Morgan fingerprint density at radius 2 is 2.00 bits per heavy atom. The highest BCUT2D eigenvalue weighted by atomic mass is 35.5. The first kappa shape index (κ1) is 17.8. The first-order chi connectivity index (χ1) is 12.9. The number of ketones is 1. The maximum Gasteiger partial charge on any atom is 0.307 e. The molecule has 0 fully saturated rings. The normalized spacial score (nSPS) is 14.3. The van der Waals surface area contributed by atoms with Crippen molar-refractivity contribution in [3.8, 4) is 0 Å². The number of likely N-dealkylation sites (N-methyl/N-ethyl adjacent to an activating group) is 1. The summed E-state index contributed by atoms with van der Waals surface area (Å²) in [4.78, 5) is 29.9. The van der Waals surface area contributed by atoms with Crippen LogP contribution in [0, 0.1) is 0 Å². The van der Waals surface area contributed by atoms with E-state index >= 15 is 0 Å². The zero-order valence-electron chi connectivity index (χ0n) is 14.9. The number of hydrogen-bond acceptors (Lipinski definition) is 3. The number of rotatable bonds is 4. The molecule has 1 aliphatic heterocycles. The fourth-order valence-electron chi connectivity index (χ4n) is 3.74. The minimum Gasteiger partial charge on any atom is -0.481 e. The fraction of sp³-hybridized carbons (Fsp3) is 0.238. The number of hydrogen-bond donors (Lipinski definition) is 2. The summed E-state index contributed by atoms with van der Waals surface area (Å²) in [6, 6.07) is 10.9. The summed E-state index contributed by atoms with van der Waals surface area (Å²) >= 11 is 6.05. The Labute approximate surface area is 161 Å². The third-order valence-electron chi connectivity index (χ3n) is 5.09. The standard InChI is InChI=1S/C21H19ClN2O3/c1-24-7-6-12-2-3-13(8-14(12)11-24)21(27)20-17(10-19(25)26)16-5-4-15(22)9-18(16)23-20/h2-5,8-9,23H,6-7,10-11H2,1H3,(H,25,26). The second kappa shape index (κ2) is 6.83. The van der Waals surface area contributed by atoms with Crippen LogP contribution >= 0.6 is 11.6 Å². The van der Waals surface area contributed by atoms with E-state index in [2.05, 4.69) is 16.9 Å². The van der Waals surface area contributed by atoms with Gasteiger partial charge in [-0.2, -0.15) is 0 Å². The number of carbonyl (C=O) groups is 2. The quantitative estimate of drug-likeness (QED) is 0.675. The van der Waals surface area contributed by atoms with Crippen molar-refractivity contribution >= 4 is 34.3 Å². The fourth-order valence-corrected chi connectivity index (χ4v) is 3.91. The van der Waals surface area contributed by atoms with Crippen molar-refractivity contribution in [3.63, 3.8) is 0 Å². The summed E-state index contributed by atoms with van der Waals surface area (Å²) in [5.74, 6) is -1.18. The molecule has 1 aliphatic rings. The zero-order chi connectivity index (χ0) is 19.1. The second-order valence-electron chi connectivity index (χ2n) is 7.04. The predicted octanol–water partition coefficient (Wildman–Crippen LogP) is 3.67. The van der Waals surface area contributed by atoms with E-state index in [1.165, 1.54) is 5.56 Å². The van der Waals surface area contributed by atoms with Crippen molar-refractivity contribution in [2.24, 2.45) is 0 Å². The smallest absolute Gasteiger partial charge is 0.307 e. The average Bonchev–Trinajstić information content (AvgIpc) is 2.97. The van der Waals surface area contributed by atoms with Crippen LogP contribution in [0.15, 0.2) is 36.4 Å². The molecule has 27 heavy (non-hydrogen) atoms. The number of halogens is 1. The summed E-state index contributed by atoms with van der Waals surface area (Å²) in [6.45, 7) is 1.81. The Kier molecular flexibility index (Phi) is 4.50. The third-order valence-corrected chi connectivity index (χ3v) is 5.33. The number of carbonyl (C=O) groups excluding carboxylic acids is 1. The van der Waals surface area contributed by atoms with Gasteiger partial charge in [0.05, 0.1) is 12.1 Å². The van der Waals surface area contributed by atoms with Crippen molar-refractivity contribution in [3.05, 3.63) is 69.4 Å². The first-order valence-electron chi connectivity index (χ1n) is 8.79. The third kappa shape index (κ3) is 3.36. The van der Waals surface area contributed by atoms with Gasteiger partial charge in [-0.3, -0.25) is 9.59 Å². The van der Waals surface area contributed by atoms with Gasteiger partial charge in [0.15, 0.2) is 0 Å². The monoisotopic (exact) mass is 382 g/mol. The summed E-state index contributed by atoms with van der Waals surface area (Å²) in [7, 11) is 2.06. The first-order valence-corrected chi connectivity index (χ1v) is 9.17. The number of nitrogens with one attached hydrogen (secondary N) is 1. The molecule has 2 heterocycles. The van der Waals surface area contributed by atoms with Gasteiger partial charge in [0, 0.05) is 40.1 Å². The second-order valence-corrected chi connectivity index (χ2v) is 7.48. The molecule has 0 spiro atoms. The van der Waals surface area contributed by atoms with Gasteiger partial charge in [-0.05, 0) is 42.8 Å². The van der Waals surface area contributed by atoms with E-state index in [1.807, 2.05) is 18.2 Å². The average molecular weight is 383 g/mol. The lowest BCUT2D eigenvalue weighted by molar-refractivity contribution is -0.136. The predicted molar refractivity (Wildman–Crippen MR) is 105 cm³/mol. The lowest BCUT2D eigenvalue weighted by Crippen LogP contribution is -2.26. The van der Waals surface area contributed by atoms with Crippen LogP contribution in [0.2, 0.25) is 5.02 Å². The number of benzene rings is 2. The van der Waals surface area contributed by atoms with Crippen LogP contribution in [-0.4, -0.2) is 40.3 Å².